The number of aromatic nitrogens is 1. The van der Waals surface area contributed by atoms with Crippen LogP contribution in [0.3, 0.4) is 0 Å². The minimum absolute atomic E-state index is 0.153. The van der Waals surface area contributed by atoms with Gasteiger partial charge in [0.2, 0.25) is 10.0 Å². The van der Waals surface area contributed by atoms with Crippen LogP contribution in [0.1, 0.15) is 12.8 Å². The molecular formula is C27H25N3O6S. The molecule has 0 radical (unpaired) electrons. The second kappa shape index (κ2) is 10.5. The molecule has 0 aliphatic carbocycles. The van der Waals surface area contributed by atoms with Crippen molar-refractivity contribution in [3.05, 3.63) is 89.3 Å². The van der Waals surface area contributed by atoms with E-state index in [-0.39, 0.29) is 28.9 Å². The number of ether oxygens (including phenoxy) is 1. The molecule has 0 saturated carbocycles. The van der Waals surface area contributed by atoms with Gasteiger partial charge in [0, 0.05) is 49.2 Å². The monoisotopic (exact) mass is 519 g/mol. The van der Waals surface area contributed by atoms with E-state index in [1.165, 1.54) is 28.8 Å². The molecule has 1 amide bonds. The van der Waals surface area contributed by atoms with Crippen molar-refractivity contribution < 1.29 is 22.4 Å². The van der Waals surface area contributed by atoms with Crippen molar-refractivity contribution in [3.63, 3.8) is 0 Å². The molecule has 9 nitrogen and oxygen atoms in total. The number of hydrogen-bond donors (Lipinski definition) is 1. The van der Waals surface area contributed by atoms with Gasteiger partial charge in [-0.3, -0.25) is 14.6 Å². The van der Waals surface area contributed by atoms with Gasteiger partial charge in [0.15, 0.2) is 12.0 Å². The standard InChI is InChI=1S/C27H25N3O6S/c31-24-16-25(19-5-2-1-3-6-19)36-26-15-21(8-9-23(24)26)35-18-27(32)29-20-10-13-30(14-11-20)37(33,34)22-7-4-12-28-17-22/h1-9,12,15-17,20H,10-11,13-14,18H2,(H,29,32). The Balaban J connectivity index is 1.17. The summed E-state index contributed by atoms with van der Waals surface area (Å²) in [7, 11) is -3.60. The van der Waals surface area contributed by atoms with Crippen molar-refractivity contribution in [1.82, 2.24) is 14.6 Å². The molecule has 0 unspecified atom stereocenters. The number of piperidine rings is 1. The van der Waals surface area contributed by atoms with Crippen molar-refractivity contribution in [2.45, 2.75) is 23.8 Å². The largest absolute Gasteiger partial charge is 0.484 e. The van der Waals surface area contributed by atoms with E-state index < -0.39 is 10.0 Å². The summed E-state index contributed by atoms with van der Waals surface area (Å²) in [5, 5.41) is 3.33. The molecule has 0 spiro atoms. The first kappa shape index (κ1) is 24.7. The number of amides is 1. The lowest BCUT2D eigenvalue weighted by Gasteiger charge is -2.31. The number of sulfonamides is 1. The molecule has 3 heterocycles. The third kappa shape index (κ3) is 5.55. The number of benzene rings is 2. The predicted molar refractivity (Wildman–Crippen MR) is 138 cm³/mol. The van der Waals surface area contributed by atoms with E-state index in [0.29, 0.717) is 48.4 Å². The number of rotatable bonds is 7. The van der Waals surface area contributed by atoms with E-state index in [9.17, 15) is 18.0 Å². The highest BCUT2D eigenvalue weighted by molar-refractivity contribution is 7.89. The van der Waals surface area contributed by atoms with Crippen molar-refractivity contribution in [2.75, 3.05) is 19.7 Å². The van der Waals surface area contributed by atoms with Crippen LogP contribution in [0, 0.1) is 0 Å². The number of carbonyl (C=O) groups is 1. The van der Waals surface area contributed by atoms with Crippen LogP contribution in [0.2, 0.25) is 0 Å². The lowest BCUT2D eigenvalue weighted by atomic mass is 10.1. The highest BCUT2D eigenvalue weighted by Gasteiger charge is 2.30. The van der Waals surface area contributed by atoms with Gasteiger partial charge in [0.05, 0.1) is 5.39 Å². The molecule has 0 bridgehead atoms. The summed E-state index contributed by atoms with van der Waals surface area (Å²) >= 11 is 0. The number of hydrogen-bond acceptors (Lipinski definition) is 7. The van der Waals surface area contributed by atoms with Gasteiger partial charge in [-0.15, -0.1) is 0 Å². The Kier molecular flexibility index (Phi) is 7.02. The van der Waals surface area contributed by atoms with E-state index in [0.717, 1.165) is 5.56 Å². The minimum atomic E-state index is -3.60. The molecule has 1 N–H and O–H groups in total. The Morgan fingerprint density at radius 3 is 2.57 bits per heavy atom. The number of carbonyl (C=O) groups excluding carboxylic acids is 1. The van der Waals surface area contributed by atoms with E-state index in [1.54, 1.807) is 24.3 Å². The van der Waals surface area contributed by atoms with Gasteiger partial charge in [0.25, 0.3) is 5.91 Å². The van der Waals surface area contributed by atoms with Crippen molar-refractivity contribution >= 4 is 26.9 Å². The van der Waals surface area contributed by atoms with E-state index in [4.69, 9.17) is 9.15 Å². The van der Waals surface area contributed by atoms with Gasteiger partial charge in [-0.1, -0.05) is 30.3 Å². The highest BCUT2D eigenvalue weighted by atomic mass is 32.2. The molecule has 37 heavy (non-hydrogen) atoms. The molecule has 4 aromatic rings. The fraction of sp³-hybridized carbons (Fsp3) is 0.222. The van der Waals surface area contributed by atoms with Crippen LogP contribution in [0.15, 0.2) is 93.2 Å². The van der Waals surface area contributed by atoms with Crippen LogP contribution in [-0.2, 0) is 14.8 Å². The molecule has 2 aromatic carbocycles. The fourth-order valence-electron chi connectivity index (χ4n) is 4.28. The normalized spacial score (nSPS) is 14.9. The number of nitrogens with zero attached hydrogens (tertiary/aromatic N) is 2. The molecule has 2 aromatic heterocycles. The summed E-state index contributed by atoms with van der Waals surface area (Å²) in [6.45, 7) is 0.384. The number of pyridine rings is 1. The molecule has 0 atom stereocenters. The molecule has 1 aliphatic rings. The fourth-order valence-corrected chi connectivity index (χ4v) is 5.71. The lowest BCUT2D eigenvalue weighted by molar-refractivity contribution is -0.124. The summed E-state index contributed by atoms with van der Waals surface area (Å²) < 4.78 is 38.5. The van der Waals surface area contributed by atoms with Crippen LogP contribution < -0.4 is 15.5 Å². The molecule has 1 fully saturated rings. The Labute approximate surface area is 213 Å². The third-order valence-corrected chi connectivity index (χ3v) is 8.10. The quantitative estimate of drug-likeness (QED) is 0.398. The maximum absolute atomic E-state index is 12.7. The van der Waals surface area contributed by atoms with Gasteiger partial charge in [-0.2, -0.15) is 4.31 Å². The maximum atomic E-state index is 12.7. The average Bonchev–Trinajstić information content (AvgIpc) is 2.93. The second-order valence-electron chi connectivity index (χ2n) is 8.72. The molecule has 1 saturated heterocycles. The first-order chi connectivity index (χ1) is 17.9. The summed E-state index contributed by atoms with van der Waals surface area (Å²) in [4.78, 5) is 29.1. The Morgan fingerprint density at radius 1 is 1.05 bits per heavy atom. The zero-order chi connectivity index (χ0) is 25.8. The van der Waals surface area contributed by atoms with Gasteiger partial charge < -0.3 is 14.5 Å². The lowest BCUT2D eigenvalue weighted by Crippen LogP contribution is -2.47. The van der Waals surface area contributed by atoms with Crippen LogP contribution in [0.5, 0.6) is 5.75 Å². The molecule has 5 rings (SSSR count). The summed E-state index contributed by atoms with van der Waals surface area (Å²) in [6, 6.07) is 18.6. The van der Waals surface area contributed by atoms with E-state index in [2.05, 4.69) is 10.3 Å². The smallest absolute Gasteiger partial charge is 0.258 e. The van der Waals surface area contributed by atoms with E-state index in [1.807, 2.05) is 30.3 Å². The molecule has 190 valence electrons. The van der Waals surface area contributed by atoms with Crippen LogP contribution in [0.25, 0.3) is 22.3 Å². The Hall–Kier alpha value is -4.02. The molecule has 1 aliphatic heterocycles. The first-order valence-electron chi connectivity index (χ1n) is 11.9. The van der Waals surface area contributed by atoms with Gasteiger partial charge in [-0.25, -0.2) is 8.42 Å². The average molecular weight is 520 g/mol. The predicted octanol–water partition coefficient (Wildman–Crippen LogP) is 3.20. The summed E-state index contributed by atoms with van der Waals surface area (Å²) in [6.07, 6.45) is 3.85. The van der Waals surface area contributed by atoms with Crippen molar-refractivity contribution in [1.29, 1.82) is 0 Å². The van der Waals surface area contributed by atoms with Crippen molar-refractivity contribution in [2.24, 2.45) is 0 Å². The van der Waals surface area contributed by atoms with Gasteiger partial charge in [0.1, 0.15) is 22.0 Å². The molecule has 10 heteroatoms. The molecular weight excluding hydrogens is 494 g/mol. The zero-order valence-electron chi connectivity index (χ0n) is 19.9. The maximum Gasteiger partial charge on any atom is 0.258 e. The zero-order valence-corrected chi connectivity index (χ0v) is 20.7. The van der Waals surface area contributed by atoms with E-state index >= 15 is 0 Å². The minimum Gasteiger partial charge on any atom is -0.484 e. The second-order valence-corrected chi connectivity index (χ2v) is 10.7. The summed E-state index contributed by atoms with van der Waals surface area (Å²) in [5.41, 5.74) is 0.985. The first-order valence-corrected chi connectivity index (χ1v) is 13.3. The van der Waals surface area contributed by atoms with Crippen molar-refractivity contribution in [3.8, 4) is 17.1 Å². The topological polar surface area (TPSA) is 119 Å². The third-order valence-electron chi connectivity index (χ3n) is 6.22. The SMILES string of the molecule is O=C(COc1ccc2c(=O)cc(-c3ccccc3)oc2c1)NC1CCN(S(=O)(=O)c2cccnc2)CC1. The Morgan fingerprint density at radius 2 is 1.84 bits per heavy atom. The van der Waals surface area contributed by atoms with Crippen LogP contribution >= 0.6 is 0 Å². The van der Waals surface area contributed by atoms with Gasteiger partial charge >= 0.3 is 0 Å². The van der Waals surface area contributed by atoms with Gasteiger partial charge in [-0.05, 0) is 37.1 Å². The number of fused-ring (bicyclic) bond motifs is 1. The number of nitrogens with one attached hydrogen (secondary N) is 1. The highest BCUT2D eigenvalue weighted by Crippen LogP contribution is 2.25. The summed E-state index contributed by atoms with van der Waals surface area (Å²) in [5.74, 6) is 0.534. The van der Waals surface area contributed by atoms with Crippen LogP contribution in [-0.4, -0.2) is 49.4 Å². The Bertz CT molecular complexity index is 1560. The van der Waals surface area contributed by atoms with Crippen LogP contribution in [0.4, 0.5) is 0 Å².